The van der Waals surface area contributed by atoms with Crippen molar-refractivity contribution in [1.82, 2.24) is 0 Å². The van der Waals surface area contributed by atoms with Crippen molar-refractivity contribution in [3.05, 3.63) is 40.5 Å². The van der Waals surface area contributed by atoms with E-state index in [1.54, 1.807) is 12.2 Å². The van der Waals surface area contributed by atoms with Gasteiger partial charge >= 0.3 is 0 Å². The molecule has 0 unspecified atom stereocenters. The Kier molecular flexibility index (Phi) is 3.21. The largest absolute Gasteiger partial charge is 0.496 e. The fourth-order valence-electron chi connectivity index (χ4n) is 3.89. The topological polar surface area (TPSA) is 119 Å². The van der Waals surface area contributed by atoms with Crippen LogP contribution in [-0.4, -0.2) is 47.3 Å². The fraction of sp³-hybridized carbons (Fsp3) is 0.375. The van der Waals surface area contributed by atoms with Crippen molar-refractivity contribution in [2.75, 3.05) is 18.6 Å². The number of anilines is 1. The predicted molar refractivity (Wildman–Crippen MR) is 83.0 cm³/mol. The van der Waals surface area contributed by atoms with E-state index in [9.17, 15) is 24.8 Å². The number of fused-ring (bicyclic) bond motifs is 5. The van der Waals surface area contributed by atoms with Gasteiger partial charge in [0.2, 0.25) is 11.8 Å². The number of aliphatic hydroxyl groups is 1. The van der Waals surface area contributed by atoms with E-state index in [0.717, 1.165) is 11.0 Å². The van der Waals surface area contributed by atoms with Crippen LogP contribution in [0.1, 0.15) is 0 Å². The van der Waals surface area contributed by atoms with Crippen LogP contribution in [0.15, 0.2) is 30.4 Å². The molecule has 130 valence electrons. The molecule has 2 amide bonds. The molecule has 1 aromatic rings. The average molecular weight is 346 g/mol. The van der Waals surface area contributed by atoms with Crippen LogP contribution in [-0.2, 0) is 14.3 Å². The summed E-state index contributed by atoms with van der Waals surface area (Å²) in [5.41, 5.74) is -1.75. The minimum Gasteiger partial charge on any atom is -0.496 e. The number of rotatable bonds is 4. The Morgan fingerprint density at radius 1 is 1.40 bits per heavy atom. The number of nitrogens with zero attached hydrogens (tertiary/aromatic N) is 2. The lowest BCUT2D eigenvalue weighted by molar-refractivity contribution is -0.384. The second kappa shape index (κ2) is 5.11. The lowest BCUT2D eigenvalue weighted by atomic mass is 9.77. The van der Waals surface area contributed by atoms with Crippen molar-refractivity contribution in [2.24, 2.45) is 11.8 Å². The lowest BCUT2D eigenvalue weighted by Gasteiger charge is -2.26. The van der Waals surface area contributed by atoms with Gasteiger partial charge in [-0.15, -0.1) is 0 Å². The van der Waals surface area contributed by atoms with Gasteiger partial charge in [-0.3, -0.25) is 19.7 Å². The second-order valence-corrected chi connectivity index (χ2v) is 6.18. The SMILES string of the molecule is COc1ccc(N2C(=O)[C@@H]3[C@@H](C2=O)[C@@]2(CO)C=C[C@H]3O2)c([N+](=O)[O-])c1. The Morgan fingerprint density at radius 2 is 2.16 bits per heavy atom. The van der Waals surface area contributed by atoms with Crippen LogP contribution < -0.4 is 9.64 Å². The number of hydrogen-bond donors (Lipinski definition) is 1. The van der Waals surface area contributed by atoms with E-state index in [1.165, 1.54) is 19.2 Å². The van der Waals surface area contributed by atoms with Gasteiger partial charge in [0, 0.05) is 0 Å². The summed E-state index contributed by atoms with van der Waals surface area (Å²) < 4.78 is 10.6. The molecular weight excluding hydrogens is 332 g/mol. The number of carbonyl (C=O) groups excluding carboxylic acids is 2. The number of nitro benzene ring substituents is 1. The van der Waals surface area contributed by atoms with Gasteiger partial charge in [-0.25, -0.2) is 4.90 Å². The third-order valence-electron chi connectivity index (χ3n) is 5.02. The van der Waals surface area contributed by atoms with E-state index >= 15 is 0 Å². The molecule has 2 fully saturated rings. The van der Waals surface area contributed by atoms with Crippen LogP contribution in [0.25, 0.3) is 0 Å². The number of amides is 2. The zero-order valence-electron chi connectivity index (χ0n) is 13.1. The maximum atomic E-state index is 12.9. The summed E-state index contributed by atoms with van der Waals surface area (Å²) in [5, 5.41) is 21.1. The van der Waals surface area contributed by atoms with Crippen LogP contribution in [0.2, 0.25) is 0 Å². The molecule has 4 rings (SSSR count). The molecule has 1 aromatic carbocycles. The van der Waals surface area contributed by atoms with Gasteiger partial charge in [0.15, 0.2) is 0 Å². The van der Waals surface area contributed by atoms with Gasteiger partial charge in [0.25, 0.3) is 5.69 Å². The summed E-state index contributed by atoms with van der Waals surface area (Å²) >= 11 is 0. The fourth-order valence-corrected chi connectivity index (χ4v) is 3.89. The third kappa shape index (κ3) is 1.90. The minimum absolute atomic E-state index is 0.109. The smallest absolute Gasteiger partial charge is 0.297 e. The third-order valence-corrected chi connectivity index (χ3v) is 5.02. The molecule has 9 heteroatoms. The van der Waals surface area contributed by atoms with Crippen molar-refractivity contribution in [1.29, 1.82) is 0 Å². The summed E-state index contributed by atoms with van der Waals surface area (Å²) in [7, 11) is 1.36. The molecule has 25 heavy (non-hydrogen) atoms. The van der Waals surface area contributed by atoms with Crippen LogP contribution in [0.3, 0.4) is 0 Å². The lowest BCUT2D eigenvalue weighted by Crippen LogP contribution is -2.43. The quantitative estimate of drug-likeness (QED) is 0.363. The predicted octanol–water partition coefficient (Wildman–Crippen LogP) is 0.409. The number of imide groups is 1. The molecular formula is C16H14N2O7. The molecule has 0 saturated carbocycles. The zero-order chi connectivity index (χ0) is 17.9. The molecule has 2 saturated heterocycles. The number of aliphatic hydroxyl groups excluding tert-OH is 1. The molecule has 3 heterocycles. The van der Waals surface area contributed by atoms with E-state index in [2.05, 4.69) is 0 Å². The summed E-state index contributed by atoms with van der Waals surface area (Å²) in [6.07, 6.45) is 2.63. The molecule has 0 spiro atoms. The van der Waals surface area contributed by atoms with E-state index in [-0.39, 0.29) is 11.4 Å². The van der Waals surface area contributed by atoms with Crippen molar-refractivity contribution < 1.29 is 29.1 Å². The Labute approximate surface area is 141 Å². The Bertz CT molecular complexity index is 836. The van der Waals surface area contributed by atoms with Crippen LogP contribution in [0, 0.1) is 22.0 Å². The Morgan fingerprint density at radius 3 is 2.80 bits per heavy atom. The number of carbonyl (C=O) groups is 2. The molecule has 0 aliphatic carbocycles. The first-order valence-electron chi connectivity index (χ1n) is 7.62. The second-order valence-electron chi connectivity index (χ2n) is 6.18. The van der Waals surface area contributed by atoms with Crippen molar-refractivity contribution >= 4 is 23.2 Å². The monoisotopic (exact) mass is 346 g/mol. The highest BCUT2D eigenvalue weighted by molar-refractivity contribution is 6.24. The number of nitro groups is 1. The van der Waals surface area contributed by atoms with Gasteiger partial charge in [-0.05, 0) is 12.1 Å². The molecule has 9 nitrogen and oxygen atoms in total. The van der Waals surface area contributed by atoms with Crippen molar-refractivity contribution in [3.8, 4) is 5.75 Å². The zero-order valence-corrected chi connectivity index (χ0v) is 13.1. The molecule has 4 atom stereocenters. The van der Waals surface area contributed by atoms with E-state index in [1.807, 2.05) is 0 Å². The van der Waals surface area contributed by atoms with Gasteiger partial charge in [-0.1, -0.05) is 12.2 Å². The molecule has 0 radical (unpaired) electrons. The summed E-state index contributed by atoms with van der Waals surface area (Å²) in [5.74, 6) is -2.60. The number of hydrogen-bond acceptors (Lipinski definition) is 7. The average Bonchev–Trinajstić information content (AvgIpc) is 3.25. The normalized spacial score (nSPS) is 32.4. The van der Waals surface area contributed by atoms with Gasteiger partial charge in [-0.2, -0.15) is 0 Å². The summed E-state index contributed by atoms with van der Waals surface area (Å²) in [6, 6.07) is 3.92. The molecule has 2 bridgehead atoms. The van der Waals surface area contributed by atoms with Crippen molar-refractivity contribution in [3.63, 3.8) is 0 Å². The van der Waals surface area contributed by atoms with E-state index < -0.39 is 52.6 Å². The standard InChI is InChI=1S/C16H14N2O7/c1-24-8-2-3-9(10(6-8)18(22)23)17-14(20)12-11-4-5-16(7-19,25-11)13(12)15(17)21/h2-6,11-13,19H,7H2,1H3/t11-,12+,13+,16+/m1/s1. The van der Waals surface area contributed by atoms with Crippen LogP contribution in [0.5, 0.6) is 5.75 Å². The van der Waals surface area contributed by atoms with Gasteiger partial charge in [0.1, 0.15) is 17.0 Å². The molecule has 3 aliphatic rings. The van der Waals surface area contributed by atoms with Crippen LogP contribution >= 0.6 is 0 Å². The molecule has 3 aliphatic heterocycles. The first-order valence-corrected chi connectivity index (χ1v) is 7.62. The summed E-state index contributed by atoms with van der Waals surface area (Å²) in [4.78, 5) is 37.3. The van der Waals surface area contributed by atoms with Gasteiger partial charge < -0.3 is 14.6 Å². The number of benzene rings is 1. The van der Waals surface area contributed by atoms with E-state index in [0.29, 0.717) is 0 Å². The highest BCUT2D eigenvalue weighted by Crippen LogP contribution is 2.53. The molecule has 0 aromatic heterocycles. The van der Waals surface area contributed by atoms with Crippen molar-refractivity contribution in [2.45, 2.75) is 11.7 Å². The Hall–Kier alpha value is -2.78. The first-order chi connectivity index (χ1) is 11.9. The number of ether oxygens (including phenoxy) is 2. The Balaban J connectivity index is 1.80. The maximum Gasteiger partial charge on any atom is 0.297 e. The highest BCUT2D eigenvalue weighted by atomic mass is 16.6. The van der Waals surface area contributed by atoms with E-state index in [4.69, 9.17) is 9.47 Å². The minimum atomic E-state index is -1.24. The van der Waals surface area contributed by atoms with Gasteiger partial charge in [0.05, 0.1) is 42.6 Å². The maximum absolute atomic E-state index is 12.9. The summed E-state index contributed by atoms with van der Waals surface area (Å²) in [6.45, 7) is -0.446. The number of methoxy groups -OCH3 is 1. The molecule has 1 N–H and O–H groups in total. The van der Waals surface area contributed by atoms with Crippen LogP contribution in [0.4, 0.5) is 11.4 Å². The highest BCUT2D eigenvalue weighted by Gasteiger charge is 2.68. The first kappa shape index (κ1) is 15.7.